The van der Waals surface area contributed by atoms with Gasteiger partial charge in [-0.15, -0.1) is 0 Å². The van der Waals surface area contributed by atoms with Crippen LogP contribution in [0.4, 0.5) is 0 Å². The largest absolute Gasteiger partial charge is 0.524 e. The van der Waals surface area contributed by atoms with Crippen LogP contribution in [0, 0.1) is 5.92 Å². The fraction of sp³-hybridized carbons (Fsp3) is 0.211. The van der Waals surface area contributed by atoms with Gasteiger partial charge in [0.25, 0.3) is 5.91 Å². The topological polar surface area (TPSA) is 135 Å². The van der Waals surface area contributed by atoms with Crippen LogP contribution in [0.1, 0.15) is 15.9 Å². The zero-order valence-corrected chi connectivity index (χ0v) is 16.3. The maximum absolute atomic E-state index is 11.9. The van der Waals surface area contributed by atoms with Crippen molar-refractivity contribution in [3.8, 4) is 5.75 Å². The van der Waals surface area contributed by atoms with E-state index < -0.39 is 13.9 Å². The normalized spacial score (nSPS) is 18.2. The summed E-state index contributed by atoms with van der Waals surface area (Å²) in [5.41, 5.74) is 1.26. The quantitative estimate of drug-likeness (QED) is 0.453. The Balaban J connectivity index is 1.91. The van der Waals surface area contributed by atoms with E-state index in [1.54, 1.807) is 30.3 Å². The molecule has 2 unspecified atom stereocenters. The number of carbonyl (C=O) groups is 2. The minimum Gasteiger partial charge on any atom is -0.404 e. The van der Waals surface area contributed by atoms with Crippen LogP contribution >= 0.6 is 7.82 Å². The van der Waals surface area contributed by atoms with E-state index in [4.69, 9.17) is 14.6 Å². The number of hydrogen-bond acceptors (Lipinski definition) is 6. The molecule has 9 nitrogen and oxygen atoms in total. The fourth-order valence-corrected chi connectivity index (χ4v) is 3.37. The molecule has 1 aliphatic rings. The van der Waals surface area contributed by atoms with Crippen molar-refractivity contribution < 1.29 is 33.3 Å². The molecule has 2 aromatic carbocycles. The first-order valence-corrected chi connectivity index (χ1v) is 10.2. The molecule has 1 aliphatic heterocycles. The SMILES string of the molecule is CNC(=O)c1ccc2c(c1)=CC(Cc1ccc(OP(=O)(O)O)cc1)C(C=O)ON=2. The van der Waals surface area contributed by atoms with Crippen LogP contribution in [0.5, 0.6) is 5.75 Å². The van der Waals surface area contributed by atoms with Gasteiger partial charge in [0.1, 0.15) is 11.1 Å². The van der Waals surface area contributed by atoms with Crippen LogP contribution in [0.25, 0.3) is 6.08 Å². The van der Waals surface area contributed by atoms with Crippen LogP contribution in [-0.4, -0.2) is 35.1 Å². The summed E-state index contributed by atoms with van der Waals surface area (Å²) in [6.07, 6.45) is 2.08. The smallest absolute Gasteiger partial charge is 0.404 e. The highest BCUT2D eigenvalue weighted by molar-refractivity contribution is 7.46. The van der Waals surface area contributed by atoms with E-state index in [-0.39, 0.29) is 17.6 Å². The highest BCUT2D eigenvalue weighted by Crippen LogP contribution is 2.37. The molecule has 0 fully saturated rings. The number of nitrogens with zero attached hydrogens (tertiary/aromatic N) is 1. The summed E-state index contributed by atoms with van der Waals surface area (Å²) in [4.78, 5) is 46.5. The van der Waals surface area contributed by atoms with Gasteiger partial charge in [-0.05, 0) is 42.3 Å². The fourth-order valence-electron chi connectivity index (χ4n) is 2.97. The van der Waals surface area contributed by atoms with Crippen molar-refractivity contribution in [1.29, 1.82) is 0 Å². The standard InChI is InChI=1S/C19H19N2O7P/c1-20-19(23)13-4-7-17-14(9-13)10-15(18(11-22)27-21-17)8-12-2-5-16(6-3-12)28-29(24,25)26/h2-7,9-11,15,18H,8H2,1H3,(H,20,23)(H2,24,25,26). The number of amides is 1. The van der Waals surface area contributed by atoms with Gasteiger partial charge in [0.15, 0.2) is 12.4 Å². The van der Waals surface area contributed by atoms with Crippen LogP contribution in [0.2, 0.25) is 0 Å². The molecule has 10 heteroatoms. The first kappa shape index (κ1) is 20.7. The summed E-state index contributed by atoms with van der Waals surface area (Å²) in [6, 6.07) is 11.1. The van der Waals surface area contributed by atoms with Crippen molar-refractivity contribution in [3.05, 3.63) is 64.2 Å². The third kappa shape index (κ3) is 5.29. The van der Waals surface area contributed by atoms with Gasteiger partial charge >= 0.3 is 7.82 Å². The molecular formula is C19H19N2O7P. The van der Waals surface area contributed by atoms with Crippen molar-refractivity contribution in [1.82, 2.24) is 5.32 Å². The average molecular weight is 418 g/mol. The minimum absolute atomic E-state index is 0.0330. The zero-order valence-electron chi connectivity index (χ0n) is 15.4. The first-order valence-electron chi connectivity index (χ1n) is 8.66. The second-order valence-corrected chi connectivity index (χ2v) is 7.57. The van der Waals surface area contributed by atoms with Crippen molar-refractivity contribution in [2.24, 2.45) is 11.1 Å². The summed E-state index contributed by atoms with van der Waals surface area (Å²) >= 11 is 0. The highest BCUT2D eigenvalue weighted by atomic mass is 31.2. The summed E-state index contributed by atoms with van der Waals surface area (Å²) < 4.78 is 15.4. The van der Waals surface area contributed by atoms with Gasteiger partial charge in [0.2, 0.25) is 0 Å². The van der Waals surface area contributed by atoms with E-state index in [0.717, 1.165) is 5.56 Å². The molecule has 0 radical (unpaired) electrons. The lowest BCUT2D eigenvalue weighted by Crippen LogP contribution is -2.29. The third-order valence-corrected chi connectivity index (χ3v) is 4.81. The lowest BCUT2D eigenvalue weighted by atomic mass is 9.93. The summed E-state index contributed by atoms with van der Waals surface area (Å²) in [7, 11) is -3.09. The number of fused-ring (bicyclic) bond motifs is 1. The molecule has 3 rings (SSSR count). The molecule has 0 bridgehead atoms. The van der Waals surface area contributed by atoms with Crippen molar-refractivity contribution in [2.45, 2.75) is 12.5 Å². The summed E-state index contributed by atoms with van der Waals surface area (Å²) in [5, 5.41) is 7.75. The number of carbonyl (C=O) groups excluding carboxylic acids is 2. The number of rotatable bonds is 6. The van der Waals surface area contributed by atoms with Gasteiger partial charge in [0.05, 0.1) is 0 Å². The lowest BCUT2D eigenvalue weighted by Gasteiger charge is -2.17. The molecule has 0 saturated heterocycles. The van der Waals surface area contributed by atoms with E-state index in [9.17, 15) is 14.2 Å². The first-order chi connectivity index (χ1) is 13.8. The van der Waals surface area contributed by atoms with Gasteiger partial charge in [-0.2, -0.15) is 0 Å². The number of hydrogen-bond donors (Lipinski definition) is 3. The number of aldehydes is 1. The highest BCUT2D eigenvalue weighted by Gasteiger charge is 2.24. The van der Waals surface area contributed by atoms with Gasteiger partial charge in [-0.1, -0.05) is 23.4 Å². The molecule has 0 aliphatic carbocycles. The Hall–Kier alpha value is -3.00. The number of phosphoric acid groups is 1. The molecule has 0 saturated carbocycles. The van der Waals surface area contributed by atoms with Crippen LogP contribution in [0.3, 0.4) is 0 Å². The molecule has 1 heterocycles. The van der Waals surface area contributed by atoms with Crippen LogP contribution in [-0.2, 0) is 20.6 Å². The second kappa shape index (κ2) is 8.57. The zero-order chi connectivity index (χ0) is 21.0. The summed E-state index contributed by atoms with van der Waals surface area (Å²) in [5.74, 6) is -0.577. The number of phosphoric ester groups is 1. The molecule has 29 heavy (non-hydrogen) atoms. The molecule has 2 aromatic rings. The third-order valence-electron chi connectivity index (χ3n) is 4.36. The van der Waals surface area contributed by atoms with Crippen molar-refractivity contribution in [2.75, 3.05) is 7.05 Å². The van der Waals surface area contributed by atoms with Crippen LogP contribution < -0.4 is 20.4 Å². The Morgan fingerprint density at radius 2 is 2.00 bits per heavy atom. The molecule has 1 amide bonds. The Kier molecular flexibility index (Phi) is 6.12. The van der Waals surface area contributed by atoms with Gasteiger partial charge in [0, 0.05) is 23.7 Å². The average Bonchev–Trinajstić information content (AvgIpc) is 2.85. The lowest BCUT2D eigenvalue weighted by molar-refractivity contribution is -0.120. The van der Waals surface area contributed by atoms with Gasteiger partial charge < -0.3 is 14.7 Å². The summed E-state index contributed by atoms with van der Waals surface area (Å²) in [6.45, 7) is 0. The molecule has 2 atom stereocenters. The van der Waals surface area contributed by atoms with E-state index in [0.29, 0.717) is 28.8 Å². The van der Waals surface area contributed by atoms with Crippen LogP contribution in [0.15, 0.2) is 47.6 Å². The van der Waals surface area contributed by atoms with E-state index in [2.05, 4.69) is 15.0 Å². The van der Waals surface area contributed by atoms with E-state index >= 15 is 0 Å². The molecule has 3 N–H and O–H groups in total. The number of benzene rings is 2. The molecule has 0 spiro atoms. The molecular weight excluding hydrogens is 399 g/mol. The monoisotopic (exact) mass is 418 g/mol. The van der Waals surface area contributed by atoms with E-state index in [1.165, 1.54) is 19.2 Å². The maximum Gasteiger partial charge on any atom is 0.524 e. The predicted molar refractivity (Wildman–Crippen MR) is 102 cm³/mol. The Bertz CT molecular complexity index is 1080. The minimum atomic E-state index is -4.63. The Morgan fingerprint density at radius 1 is 1.28 bits per heavy atom. The molecule has 0 aromatic heterocycles. The van der Waals surface area contributed by atoms with Crippen molar-refractivity contribution in [3.63, 3.8) is 0 Å². The predicted octanol–water partition coefficient (Wildman–Crippen LogP) is 0.289. The van der Waals surface area contributed by atoms with Gasteiger partial charge in [-0.25, -0.2) is 4.57 Å². The van der Waals surface area contributed by atoms with Crippen molar-refractivity contribution >= 4 is 26.1 Å². The maximum atomic E-state index is 11.9. The van der Waals surface area contributed by atoms with E-state index in [1.807, 2.05) is 6.08 Å². The molecule has 152 valence electrons. The number of nitrogens with one attached hydrogen (secondary N) is 1. The Labute approximate surface area is 165 Å². The Morgan fingerprint density at radius 3 is 2.62 bits per heavy atom. The van der Waals surface area contributed by atoms with Gasteiger partial charge in [-0.3, -0.25) is 19.4 Å². The second-order valence-electron chi connectivity index (χ2n) is 6.41.